The highest BCUT2D eigenvalue weighted by Gasteiger charge is 2.55. The molecule has 2 bridgehead atoms. The molecule has 1 unspecified atom stereocenters. The Hall–Kier alpha value is -2.05. The first-order chi connectivity index (χ1) is 11.2. The van der Waals surface area contributed by atoms with Gasteiger partial charge in [-0.3, -0.25) is 9.59 Å². The number of methoxy groups -OCH3 is 1. The standard InChI is InChI=1S/C17H24O7/c1-16(2,3)24-15(20)22-9-5-7-17-8-6-11(10-17)23-14(19)12(17)13(18)21-4/h6,8,11-12H,5,7,9-10H2,1-4H3/t11-,12?,17-/m1/s1. The van der Waals surface area contributed by atoms with Crippen LogP contribution in [0.1, 0.15) is 40.0 Å². The van der Waals surface area contributed by atoms with Gasteiger partial charge >= 0.3 is 18.1 Å². The lowest BCUT2D eigenvalue weighted by Crippen LogP contribution is -2.46. The number of carbonyl (C=O) groups is 3. The molecule has 24 heavy (non-hydrogen) atoms. The smallest absolute Gasteiger partial charge is 0.468 e. The lowest BCUT2D eigenvalue weighted by atomic mass is 9.70. The maximum atomic E-state index is 12.1. The van der Waals surface area contributed by atoms with E-state index < -0.39 is 35.0 Å². The molecule has 0 radical (unpaired) electrons. The van der Waals surface area contributed by atoms with Crippen molar-refractivity contribution in [3.8, 4) is 0 Å². The van der Waals surface area contributed by atoms with Crippen molar-refractivity contribution in [2.24, 2.45) is 11.3 Å². The van der Waals surface area contributed by atoms with Gasteiger partial charge in [-0.05, 0) is 46.1 Å². The molecule has 1 aliphatic heterocycles. The van der Waals surface area contributed by atoms with Gasteiger partial charge in [-0.15, -0.1) is 0 Å². The van der Waals surface area contributed by atoms with Gasteiger partial charge in [0.05, 0.1) is 13.7 Å². The van der Waals surface area contributed by atoms with Crippen LogP contribution in [0.15, 0.2) is 12.2 Å². The predicted octanol–water partition coefficient (Wildman–Crippen LogP) is 2.38. The zero-order valence-corrected chi connectivity index (χ0v) is 14.5. The Morgan fingerprint density at radius 1 is 1.38 bits per heavy atom. The summed E-state index contributed by atoms with van der Waals surface area (Å²) in [5.41, 5.74) is -1.25. The van der Waals surface area contributed by atoms with E-state index in [4.69, 9.17) is 18.9 Å². The topological polar surface area (TPSA) is 88.1 Å². The van der Waals surface area contributed by atoms with E-state index in [1.54, 1.807) is 26.8 Å². The van der Waals surface area contributed by atoms with Gasteiger partial charge in [-0.25, -0.2) is 4.79 Å². The van der Waals surface area contributed by atoms with Crippen molar-refractivity contribution in [2.75, 3.05) is 13.7 Å². The Balaban J connectivity index is 1.92. The summed E-state index contributed by atoms with van der Waals surface area (Å²) in [5.74, 6) is -2.13. The van der Waals surface area contributed by atoms with Crippen LogP contribution in [0.3, 0.4) is 0 Å². The van der Waals surface area contributed by atoms with E-state index in [-0.39, 0.29) is 12.7 Å². The highest BCUT2D eigenvalue weighted by atomic mass is 16.7. The Morgan fingerprint density at radius 3 is 2.71 bits per heavy atom. The average molecular weight is 340 g/mol. The highest BCUT2D eigenvalue weighted by Crippen LogP contribution is 2.49. The third-order valence-electron chi connectivity index (χ3n) is 4.14. The number of allylic oxidation sites excluding steroid dienone is 1. The van der Waals surface area contributed by atoms with E-state index in [2.05, 4.69) is 0 Å². The molecule has 2 aliphatic rings. The molecule has 1 fully saturated rings. The second-order valence-corrected chi connectivity index (χ2v) is 7.14. The maximum Gasteiger partial charge on any atom is 0.508 e. The number of rotatable bonds is 5. The number of esters is 2. The highest BCUT2D eigenvalue weighted by molar-refractivity contribution is 5.97. The fourth-order valence-electron chi connectivity index (χ4n) is 3.17. The van der Waals surface area contributed by atoms with E-state index in [1.807, 2.05) is 6.08 Å². The number of fused-ring (bicyclic) bond motifs is 2. The van der Waals surface area contributed by atoms with Gasteiger partial charge in [0.1, 0.15) is 11.7 Å². The minimum Gasteiger partial charge on any atom is -0.468 e. The lowest BCUT2D eigenvalue weighted by Gasteiger charge is -2.37. The molecule has 7 nitrogen and oxygen atoms in total. The molecule has 134 valence electrons. The van der Waals surface area contributed by atoms with Gasteiger partial charge < -0.3 is 18.9 Å². The predicted molar refractivity (Wildman–Crippen MR) is 83.0 cm³/mol. The van der Waals surface area contributed by atoms with Crippen LogP contribution in [-0.4, -0.2) is 43.5 Å². The Morgan fingerprint density at radius 2 is 2.08 bits per heavy atom. The number of carbonyl (C=O) groups excluding carboxylic acids is 3. The molecule has 2 rings (SSSR count). The fourth-order valence-corrected chi connectivity index (χ4v) is 3.17. The van der Waals surface area contributed by atoms with E-state index in [1.165, 1.54) is 7.11 Å². The van der Waals surface area contributed by atoms with Gasteiger partial charge in [-0.2, -0.15) is 0 Å². The molecule has 1 saturated heterocycles. The van der Waals surface area contributed by atoms with E-state index in [0.717, 1.165) is 0 Å². The van der Waals surface area contributed by atoms with Gasteiger partial charge in [0.2, 0.25) is 0 Å². The molecule has 1 heterocycles. The van der Waals surface area contributed by atoms with Crippen LogP contribution in [0.4, 0.5) is 4.79 Å². The van der Waals surface area contributed by atoms with Crippen LogP contribution in [-0.2, 0) is 28.5 Å². The number of hydrogen-bond donors (Lipinski definition) is 0. The summed E-state index contributed by atoms with van der Waals surface area (Å²) >= 11 is 0. The summed E-state index contributed by atoms with van der Waals surface area (Å²) < 4.78 is 20.1. The normalized spacial score (nSPS) is 28.2. The monoisotopic (exact) mass is 340 g/mol. The van der Waals surface area contributed by atoms with Gasteiger partial charge in [0, 0.05) is 5.41 Å². The fraction of sp³-hybridized carbons (Fsp3) is 0.706. The van der Waals surface area contributed by atoms with Gasteiger partial charge in [0.15, 0.2) is 5.92 Å². The SMILES string of the molecule is COC(=O)C1C(=O)O[C@@H]2C=C[C@]1(CCCOC(=O)OC(C)(C)C)C2. The molecule has 0 aromatic carbocycles. The third kappa shape index (κ3) is 4.07. The number of hydrogen-bond acceptors (Lipinski definition) is 7. The Bertz CT molecular complexity index is 546. The van der Waals surface area contributed by atoms with E-state index in [9.17, 15) is 14.4 Å². The Kier molecular flexibility index (Phi) is 5.20. The lowest BCUT2D eigenvalue weighted by molar-refractivity contribution is -0.175. The van der Waals surface area contributed by atoms with Crippen LogP contribution >= 0.6 is 0 Å². The van der Waals surface area contributed by atoms with Crippen molar-refractivity contribution >= 4 is 18.1 Å². The summed E-state index contributed by atoms with van der Waals surface area (Å²) in [6, 6.07) is 0. The molecular weight excluding hydrogens is 316 g/mol. The quantitative estimate of drug-likeness (QED) is 0.250. The van der Waals surface area contributed by atoms with Crippen LogP contribution in [0.25, 0.3) is 0 Å². The second-order valence-electron chi connectivity index (χ2n) is 7.14. The minimum absolute atomic E-state index is 0.151. The van der Waals surface area contributed by atoms with Crippen molar-refractivity contribution in [1.82, 2.24) is 0 Å². The van der Waals surface area contributed by atoms with Gasteiger partial charge in [-0.1, -0.05) is 6.08 Å². The van der Waals surface area contributed by atoms with Crippen molar-refractivity contribution in [1.29, 1.82) is 0 Å². The minimum atomic E-state index is -0.973. The molecule has 0 aromatic heterocycles. The number of ether oxygens (including phenoxy) is 4. The van der Waals surface area contributed by atoms with Crippen LogP contribution in [0.5, 0.6) is 0 Å². The first-order valence-corrected chi connectivity index (χ1v) is 8.00. The van der Waals surface area contributed by atoms with Crippen molar-refractivity contribution < 1.29 is 33.3 Å². The van der Waals surface area contributed by atoms with Gasteiger partial charge in [0.25, 0.3) is 0 Å². The first-order valence-electron chi connectivity index (χ1n) is 8.00. The summed E-state index contributed by atoms with van der Waals surface area (Å²) in [6.45, 7) is 5.42. The van der Waals surface area contributed by atoms with E-state index >= 15 is 0 Å². The first kappa shape index (κ1) is 18.3. The van der Waals surface area contributed by atoms with E-state index in [0.29, 0.717) is 19.3 Å². The second kappa shape index (κ2) is 6.83. The third-order valence-corrected chi connectivity index (χ3v) is 4.14. The molecule has 0 spiro atoms. The molecule has 0 amide bonds. The molecular formula is C17H24O7. The van der Waals surface area contributed by atoms with Crippen molar-refractivity contribution in [3.05, 3.63) is 12.2 Å². The molecule has 7 heteroatoms. The Labute approximate surface area is 141 Å². The molecule has 0 aromatic rings. The summed E-state index contributed by atoms with van der Waals surface area (Å²) in [7, 11) is 1.25. The zero-order chi connectivity index (χ0) is 18.0. The molecule has 0 saturated carbocycles. The van der Waals surface area contributed by atoms with Crippen LogP contribution in [0, 0.1) is 11.3 Å². The molecule has 1 aliphatic carbocycles. The van der Waals surface area contributed by atoms with Crippen molar-refractivity contribution in [2.45, 2.75) is 51.7 Å². The molecule has 0 N–H and O–H groups in total. The average Bonchev–Trinajstić information content (AvgIpc) is 2.80. The molecule has 3 atom stereocenters. The summed E-state index contributed by atoms with van der Waals surface area (Å²) in [4.78, 5) is 35.6. The zero-order valence-electron chi connectivity index (χ0n) is 14.5. The maximum absolute atomic E-state index is 12.1. The summed E-state index contributed by atoms with van der Waals surface area (Å²) in [6.07, 6.45) is 4.19. The van der Waals surface area contributed by atoms with Crippen LogP contribution < -0.4 is 0 Å². The summed E-state index contributed by atoms with van der Waals surface area (Å²) in [5, 5.41) is 0. The largest absolute Gasteiger partial charge is 0.508 e. The van der Waals surface area contributed by atoms with Crippen molar-refractivity contribution in [3.63, 3.8) is 0 Å². The van der Waals surface area contributed by atoms with Crippen LogP contribution in [0.2, 0.25) is 0 Å².